The van der Waals surface area contributed by atoms with E-state index in [-0.39, 0.29) is 0 Å². The van der Waals surface area contributed by atoms with E-state index in [1.54, 1.807) is 0 Å². The third-order valence-electron chi connectivity index (χ3n) is 3.07. The van der Waals surface area contributed by atoms with Gasteiger partial charge in [0.1, 0.15) is 12.7 Å². The van der Waals surface area contributed by atoms with E-state index >= 15 is 0 Å². The second-order valence-corrected chi connectivity index (χ2v) is 4.97. The summed E-state index contributed by atoms with van der Waals surface area (Å²) in [5.41, 5.74) is 3.24. The molecule has 3 aromatic rings. The van der Waals surface area contributed by atoms with Gasteiger partial charge in [0.05, 0.1) is 0 Å². The quantitative estimate of drug-likeness (QED) is 0.694. The Morgan fingerprint density at radius 1 is 0.947 bits per heavy atom. The molecule has 0 fully saturated rings. The van der Waals surface area contributed by atoms with E-state index < -0.39 is 0 Å². The Kier molecular flexibility index (Phi) is 3.10. The van der Waals surface area contributed by atoms with E-state index in [4.69, 9.17) is 11.6 Å². The summed E-state index contributed by atoms with van der Waals surface area (Å²) < 4.78 is 2.11. The maximum atomic E-state index is 5.99. The smallest absolute Gasteiger partial charge is 0.212 e. The molecule has 94 valence electrons. The number of anilines is 2. The molecule has 0 saturated heterocycles. The van der Waals surface area contributed by atoms with Gasteiger partial charge >= 0.3 is 0 Å². The van der Waals surface area contributed by atoms with E-state index in [0.29, 0.717) is 0 Å². The Hall–Kier alpha value is -2.06. The van der Waals surface area contributed by atoms with Crippen molar-refractivity contribution >= 4 is 33.9 Å². The Morgan fingerprint density at radius 2 is 1.79 bits per heavy atom. The minimum absolute atomic E-state index is 0.732. The maximum absolute atomic E-state index is 5.99. The van der Waals surface area contributed by atoms with Gasteiger partial charge in [0.15, 0.2) is 6.20 Å². The molecule has 0 spiro atoms. The van der Waals surface area contributed by atoms with Crippen molar-refractivity contribution in [3.63, 3.8) is 0 Å². The molecule has 0 unspecified atom stereocenters. The first-order valence-electron chi connectivity index (χ1n) is 6.13. The van der Waals surface area contributed by atoms with Crippen LogP contribution < -0.4 is 9.88 Å². The molecule has 0 amide bonds. The number of fused-ring (bicyclic) bond motifs is 1. The summed E-state index contributed by atoms with van der Waals surface area (Å²) in [6, 6.07) is 18.2. The van der Waals surface area contributed by atoms with Crippen LogP contribution in [0.4, 0.5) is 11.4 Å². The van der Waals surface area contributed by atoms with Crippen molar-refractivity contribution in [1.82, 2.24) is 0 Å². The molecule has 3 rings (SSSR count). The maximum Gasteiger partial charge on any atom is 0.212 e. The van der Waals surface area contributed by atoms with Crippen molar-refractivity contribution in [2.45, 2.75) is 0 Å². The van der Waals surface area contributed by atoms with E-state index in [0.717, 1.165) is 16.4 Å². The van der Waals surface area contributed by atoms with Crippen molar-refractivity contribution in [2.24, 2.45) is 7.05 Å². The number of rotatable bonds is 2. The summed E-state index contributed by atoms with van der Waals surface area (Å²) in [6.45, 7) is 0. The molecule has 0 radical (unpaired) electrons. The monoisotopic (exact) mass is 269 g/mol. The Morgan fingerprint density at radius 3 is 2.63 bits per heavy atom. The molecule has 0 aliphatic rings. The fourth-order valence-corrected chi connectivity index (χ4v) is 2.41. The molecule has 0 bridgehead atoms. The predicted molar refractivity (Wildman–Crippen MR) is 79.9 cm³/mol. The van der Waals surface area contributed by atoms with E-state index in [1.807, 2.05) is 43.4 Å². The minimum atomic E-state index is 0.732. The molecule has 0 aliphatic carbocycles. The first kappa shape index (κ1) is 12.0. The molecule has 1 heterocycles. The number of pyridine rings is 1. The Balaban J connectivity index is 2.02. The lowest BCUT2D eigenvalue weighted by atomic mass is 10.2. The summed E-state index contributed by atoms with van der Waals surface area (Å²) in [5.74, 6) is 0. The van der Waals surface area contributed by atoms with E-state index in [9.17, 15) is 0 Å². The molecule has 2 nitrogen and oxygen atoms in total. The van der Waals surface area contributed by atoms with Gasteiger partial charge in [0.25, 0.3) is 0 Å². The average Bonchev–Trinajstić information content (AvgIpc) is 2.39. The summed E-state index contributed by atoms with van der Waals surface area (Å²) >= 11 is 5.99. The number of hydrogen-bond acceptors (Lipinski definition) is 1. The zero-order chi connectivity index (χ0) is 13.2. The molecular weight excluding hydrogens is 256 g/mol. The SMILES string of the molecule is C[n+]1cc(Nc2cccc(Cl)c2)cc2ccccc21. The van der Waals surface area contributed by atoms with Gasteiger partial charge in [-0.2, -0.15) is 4.57 Å². The molecule has 3 heteroatoms. The van der Waals surface area contributed by atoms with Crippen LogP contribution in [0.15, 0.2) is 60.8 Å². The minimum Gasteiger partial charge on any atom is -0.351 e. The highest BCUT2D eigenvalue weighted by atomic mass is 35.5. The molecule has 0 aliphatic heterocycles. The van der Waals surface area contributed by atoms with Crippen LogP contribution in [0.5, 0.6) is 0 Å². The normalized spacial score (nSPS) is 10.6. The molecule has 19 heavy (non-hydrogen) atoms. The first-order valence-corrected chi connectivity index (χ1v) is 6.51. The third-order valence-corrected chi connectivity index (χ3v) is 3.31. The van der Waals surface area contributed by atoms with Crippen molar-refractivity contribution in [2.75, 3.05) is 5.32 Å². The van der Waals surface area contributed by atoms with Crippen LogP contribution in [-0.4, -0.2) is 0 Å². The highest BCUT2D eigenvalue weighted by Crippen LogP contribution is 2.21. The topological polar surface area (TPSA) is 15.9 Å². The largest absolute Gasteiger partial charge is 0.351 e. The molecular formula is C16H14ClN2+. The Labute approximate surface area is 117 Å². The predicted octanol–water partition coefficient (Wildman–Crippen LogP) is 4.06. The number of nitrogens with zero attached hydrogens (tertiary/aromatic N) is 1. The lowest BCUT2D eigenvalue weighted by Gasteiger charge is -2.06. The summed E-state index contributed by atoms with van der Waals surface area (Å²) in [4.78, 5) is 0. The van der Waals surface area contributed by atoms with Gasteiger partial charge in [-0.1, -0.05) is 29.8 Å². The van der Waals surface area contributed by atoms with Crippen LogP contribution in [0.25, 0.3) is 10.9 Å². The van der Waals surface area contributed by atoms with Crippen molar-refractivity contribution in [3.05, 3.63) is 65.8 Å². The van der Waals surface area contributed by atoms with Crippen LogP contribution in [-0.2, 0) is 7.05 Å². The van der Waals surface area contributed by atoms with Crippen LogP contribution in [0.2, 0.25) is 5.02 Å². The number of halogens is 1. The van der Waals surface area contributed by atoms with Gasteiger partial charge in [0.2, 0.25) is 5.52 Å². The van der Waals surface area contributed by atoms with Crippen LogP contribution in [0, 0.1) is 0 Å². The fourth-order valence-electron chi connectivity index (χ4n) is 2.22. The average molecular weight is 270 g/mol. The number of aryl methyl sites for hydroxylation is 1. The van der Waals surface area contributed by atoms with Gasteiger partial charge in [-0.3, -0.25) is 0 Å². The molecule has 1 N–H and O–H groups in total. The van der Waals surface area contributed by atoms with Gasteiger partial charge in [0, 0.05) is 22.2 Å². The van der Waals surface area contributed by atoms with Crippen molar-refractivity contribution in [3.8, 4) is 0 Å². The third kappa shape index (κ3) is 2.54. The number of benzene rings is 2. The molecule has 0 atom stereocenters. The zero-order valence-corrected chi connectivity index (χ0v) is 11.4. The van der Waals surface area contributed by atoms with Gasteiger partial charge in [-0.15, -0.1) is 0 Å². The van der Waals surface area contributed by atoms with Crippen LogP contribution in [0.3, 0.4) is 0 Å². The van der Waals surface area contributed by atoms with Crippen molar-refractivity contribution < 1.29 is 4.57 Å². The highest BCUT2D eigenvalue weighted by molar-refractivity contribution is 6.30. The highest BCUT2D eigenvalue weighted by Gasteiger charge is 2.07. The van der Waals surface area contributed by atoms with Crippen molar-refractivity contribution in [1.29, 1.82) is 0 Å². The second kappa shape index (κ2) is 4.90. The van der Waals surface area contributed by atoms with Crippen LogP contribution in [0.1, 0.15) is 0 Å². The standard InChI is InChI=1S/C16H14ClN2/c1-19-11-15(9-12-5-2-3-8-16(12)19)18-14-7-4-6-13(17)10-14/h2-11,18H,1H3/q+1. The molecule has 2 aromatic carbocycles. The first-order chi connectivity index (χ1) is 9.22. The zero-order valence-electron chi connectivity index (χ0n) is 10.6. The number of para-hydroxylation sites is 1. The number of nitrogens with one attached hydrogen (secondary N) is 1. The fraction of sp³-hybridized carbons (Fsp3) is 0.0625. The molecule has 0 saturated carbocycles. The lowest BCUT2D eigenvalue weighted by molar-refractivity contribution is -0.644. The Bertz CT molecular complexity index is 738. The van der Waals surface area contributed by atoms with Gasteiger partial charge in [-0.05, 0) is 30.3 Å². The molecule has 1 aromatic heterocycles. The summed E-state index contributed by atoms with van der Waals surface area (Å²) in [7, 11) is 2.05. The lowest BCUT2D eigenvalue weighted by Crippen LogP contribution is -2.28. The van der Waals surface area contributed by atoms with E-state index in [2.05, 4.69) is 34.3 Å². The number of aromatic nitrogens is 1. The van der Waals surface area contributed by atoms with Gasteiger partial charge in [-0.25, -0.2) is 0 Å². The second-order valence-electron chi connectivity index (χ2n) is 4.53. The van der Waals surface area contributed by atoms with Crippen LogP contribution >= 0.6 is 11.6 Å². The summed E-state index contributed by atoms with van der Waals surface area (Å²) in [6.07, 6.45) is 2.07. The van der Waals surface area contributed by atoms with Gasteiger partial charge < -0.3 is 5.32 Å². The van der Waals surface area contributed by atoms with E-state index in [1.165, 1.54) is 10.9 Å². The summed E-state index contributed by atoms with van der Waals surface area (Å²) in [5, 5.41) is 5.31. The number of hydrogen-bond donors (Lipinski definition) is 1.